The molecule has 1 aliphatic heterocycles. The summed E-state index contributed by atoms with van der Waals surface area (Å²) < 4.78 is 30.8. The zero-order chi connectivity index (χ0) is 17.2. The van der Waals surface area contributed by atoms with Crippen molar-refractivity contribution in [3.8, 4) is 0 Å². The van der Waals surface area contributed by atoms with Gasteiger partial charge in [-0.1, -0.05) is 47.5 Å². The van der Waals surface area contributed by atoms with Crippen molar-refractivity contribution in [2.24, 2.45) is 0 Å². The molecule has 0 spiro atoms. The Bertz CT molecular complexity index is 805. The van der Waals surface area contributed by atoms with Gasteiger partial charge in [-0.05, 0) is 50.1 Å². The van der Waals surface area contributed by atoms with E-state index in [1.165, 1.54) is 0 Å². The van der Waals surface area contributed by atoms with Crippen molar-refractivity contribution in [1.82, 2.24) is 5.32 Å². The van der Waals surface area contributed by atoms with Gasteiger partial charge >= 0.3 is 0 Å². The number of halogens is 1. The number of aryl methyl sites for hydroxylation is 1. The first kappa shape index (κ1) is 17.4. The fourth-order valence-electron chi connectivity index (χ4n) is 2.92. The van der Waals surface area contributed by atoms with Gasteiger partial charge in [-0.25, -0.2) is 0 Å². The Hall–Kier alpha value is -1.40. The molecule has 0 bridgehead atoms. The quantitative estimate of drug-likeness (QED) is 0.836. The maximum absolute atomic E-state index is 12.6. The SMILES string of the molecule is Cc1ccc(S(=O)(=O)OC2CCCNC2c2ccccc2Cl)cc1. The molecule has 0 saturated carbocycles. The maximum Gasteiger partial charge on any atom is 0.297 e. The summed E-state index contributed by atoms with van der Waals surface area (Å²) >= 11 is 6.28. The topological polar surface area (TPSA) is 55.4 Å². The Kier molecular flexibility index (Phi) is 5.25. The van der Waals surface area contributed by atoms with Crippen molar-refractivity contribution >= 4 is 21.7 Å². The largest absolute Gasteiger partial charge is 0.308 e. The normalized spacial score (nSPS) is 21.6. The minimum Gasteiger partial charge on any atom is -0.308 e. The van der Waals surface area contributed by atoms with Crippen LogP contribution in [0.4, 0.5) is 0 Å². The van der Waals surface area contributed by atoms with E-state index in [0.717, 1.165) is 24.1 Å². The third-order valence-corrected chi connectivity index (χ3v) is 5.90. The second-order valence-electron chi connectivity index (χ2n) is 6.00. The van der Waals surface area contributed by atoms with Crippen LogP contribution >= 0.6 is 11.6 Å². The summed E-state index contributed by atoms with van der Waals surface area (Å²) in [4.78, 5) is 0.177. The van der Waals surface area contributed by atoms with Gasteiger partial charge in [0.15, 0.2) is 0 Å². The van der Waals surface area contributed by atoms with E-state index >= 15 is 0 Å². The number of hydrogen-bond donors (Lipinski definition) is 1. The molecule has 0 amide bonds. The van der Waals surface area contributed by atoms with E-state index < -0.39 is 16.2 Å². The van der Waals surface area contributed by atoms with Crippen LogP contribution in [-0.4, -0.2) is 21.1 Å². The first-order valence-corrected chi connectivity index (χ1v) is 9.74. The third kappa shape index (κ3) is 3.81. The van der Waals surface area contributed by atoms with Crippen LogP contribution in [0.15, 0.2) is 53.4 Å². The molecule has 6 heteroatoms. The van der Waals surface area contributed by atoms with Gasteiger partial charge in [0.2, 0.25) is 0 Å². The highest BCUT2D eigenvalue weighted by Gasteiger charge is 2.32. The predicted molar refractivity (Wildman–Crippen MR) is 94.7 cm³/mol. The molecule has 0 radical (unpaired) electrons. The molecule has 0 aliphatic carbocycles. The van der Waals surface area contributed by atoms with E-state index in [-0.39, 0.29) is 10.9 Å². The molecule has 24 heavy (non-hydrogen) atoms. The predicted octanol–water partition coefficient (Wildman–Crippen LogP) is 3.85. The smallest absolute Gasteiger partial charge is 0.297 e. The van der Waals surface area contributed by atoms with Crippen LogP contribution in [0.5, 0.6) is 0 Å². The Labute approximate surface area is 147 Å². The molecular weight excluding hydrogens is 346 g/mol. The third-order valence-electron chi connectivity index (χ3n) is 4.20. The Morgan fingerprint density at radius 1 is 1.12 bits per heavy atom. The first-order chi connectivity index (χ1) is 11.5. The van der Waals surface area contributed by atoms with Crippen molar-refractivity contribution in [2.45, 2.75) is 36.8 Å². The van der Waals surface area contributed by atoms with E-state index in [1.807, 2.05) is 25.1 Å². The summed E-state index contributed by atoms with van der Waals surface area (Å²) in [5, 5.41) is 3.95. The molecule has 2 aromatic rings. The molecule has 1 aliphatic rings. The molecule has 1 heterocycles. The molecule has 1 saturated heterocycles. The standard InChI is InChI=1S/C18H20ClNO3S/c1-13-8-10-14(11-9-13)24(21,22)23-17-7-4-12-20-18(17)15-5-2-3-6-16(15)19/h2-3,5-6,8-11,17-18,20H,4,7,12H2,1H3. The van der Waals surface area contributed by atoms with Crippen LogP contribution < -0.4 is 5.32 Å². The van der Waals surface area contributed by atoms with Crippen LogP contribution in [0, 0.1) is 6.92 Å². The fourth-order valence-corrected chi connectivity index (χ4v) is 4.29. The van der Waals surface area contributed by atoms with Crippen LogP contribution in [0.25, 0.3) is 0 Å². The van der Waals surface area contributed by atoms with Gasteiger partial charge < -0.3 is 5.32 Å². The Balaban J connectivity index is 1.86. The maximum atomic E-state index is 12.6. The highest BCUT2D eigenvalue weighted by atomic mass is 35.5. The summed E-state index contributed by atoms with van der Waals surface area (Å²) in [6.45, 7) is 2.72. The lowest BCUT2D eigenvalue weighted by molar-refractivity contribution is 0.127. The molecule has 2 unspecified atom stereocenters. The molecule has 4 nitrogen and oxygen atoms in total. The number of piperidine rings is 1. The zero-order valence-electron chi connectivity index (χ0n) is 13.4. The zero-order valence-corrected chi connectivity index (χ0v) is 15.0. The van der Waals surface area contributed by atoms with Gasteiger partial charge in [0.25, 0.3) is 10.1 Å². The Morgan fingerprint density at radius 3 is 2.54 bits per heavy atom. The van der Waals surface area contributed by atoms with E-state index in [0.29, 0.717) is 11.4 Å². The molecule has 0 aromatic heterocycles. The lowest BCUT2D eigenvalue weighted by atomic mass is 9.95. The first-order valence-electron chi connectivity index (χ1n) is 7.95. The molecule has 2 atom stereocenters. The van der Waals surface area contributed by atoms with Crippen LogP contribution in [0.1, 0.15) is 30.0 Å². The lowest BCUT2D eigenvalue weighted by Gasteiger charge is -2.32. The van der Waals surface area contributed by atoms with Gasteiger partial charge in [-0.15, -0.1) is 0 Å². The van der Waals surface area contributed by atoms with Crippen LogP contribution in [0.3, 0.4) is 0 Å². The molecule has 1 fully saturated rings. The average molecular weight is 366 g/mol. The highest BCUT2D eigenvalue weighted by Crippen LogP contribution is 2.32. The molecule has 3 rings (SSSR count). The van der Waals surface area contributed by atoms with Crippen molar-refractivity contribution in [2.75, 3.05) is 6.54 Å². The molecule has 1 N–H and O–H groups in total. The summed E-state index contributed by atoms with van der Waals surface area (Å²) in [6, 6.07) is 13.9. The highest BCUT2D eigenvalue weighted by molar-refractivity contribution is 7.86. The van der Waals surface area contributed by atoms with Gasteiger partial charge in [-0.2, -0.15) is 8.42 Å². The second kappa shape index (κ2) is 7.23. The number of nitrogens with one attached hydrogen (secondary N) is 1. The number of rotatable bonds is 4. The van der Waals surface area contributed by atoms with Crippen molar-refractivity contribution in [3.63, 3.8) is 0 Å². The van der Waals surface area contributed by atoms with E-state index in [9.17, 15) is 8.42 Å². The summed E-state index contributed by atoms with van der Waals surface area (Å²) in [5.41, 5.74) is 1.87. The van der Waals surface area contributed by atoms with E-state index in [1.54, 1.807) is 30.3 Å². The van der Waals surface area contributed by atoms with Crippen molar-refractivity contribution < 1.29 is 12.6 Å². The minimum atomic E-state index is -3.81. The van der Waals surface area contributed by atoms with Crippen LogP contribution in [-0.2, 0) is 14.3 Å². The monoisotopic (exact) mass is 365 g/mol. The lowest BCUT2D eigenvalue weighted by Crippen LogP contribution is -2.40. The van der Waals surface area contributed by atoms with Crippen LogP contribution in [0.2, 0.25) is 5.02 Å². The fraction of sp³-hybridized carbons (Fsp3) is 0.333. The van der Waals surface area contributed by atoms with Gasteiger partial charge in [0, 0.05) is 5.02 Å². The summed E-state index contributed by atoms with van der Waals surface area (Å²) in [6.07, 6.45) is 1.04. The van der Waals surface area contributed by atoms with Crippen molar-refractivity contribution in [1.29, 1.82) is 0 Å². The van der Waals surface area contributed by atoms with Gasteiger partial charge in [-0.3, -0.25) is 4.18 Å². The number of benzene rings is 2. The minimum absolute atomic E-state index is 0.177. The molecule has 2 aromatic carbocycles. The average Bonchev–Trinajstić information content (AvgIpc) is 2.56. The summed E-state index contributed by atoms with van der Waals surface area (Å²) in [5.74, 6) is 0. The van der Waals surface area contributed by atoms with E-state index in [2.05, 4.69) is 5.32 Å². The van der Waals surface area contributed by atoms with E-state index in [4.69, 9.17) is 15.8 Å². The van der Waals surface area contributed by atoms with Crippen molar-refractivity contribution in [3.05, 3.63) is 64.7 Å². The Morgan fingerprint density at radius 2 is 1.83 bits per heavy atom. The van der Waals surface area contributed by atoms with Gasteiger partial charge in [0.05, 0.1) is 17.0 Å². The molecule has 128 valence electrons. The van der Waals surface area contributed by atoms with Gasteiger partial charge in [0.1, 0.15) is 0 Å². The molecular formula is C18H20ClNO3S. The second-order valence-corrected chi connectivity index (χ2v) is 7.98. The number of hydrogen-bond acceptors (Lipinski definition) is 4. The summed E-state index contributed by atoms with van der Waals surface area (Å²) in [7, 11) is -3.81.